The Morgan fingerprint density at radius 1 is 1.50 bits per heavy atom. The van der Waals surface area contributed by atoms with Crippen LogP contribution in [0.2, 0.25) is 0 Å². The fraction of sp³-hybridized carbons (Fsp3) is 0.222. The first-order valence-electron chi connectivity index (χ1n) is 3.95. The van der Waals surface area contributed by atoms with E-state index in [1.165, 1.54) is 32.0 Å². The first-order chi connectivity index (χ1) is 6.52. The van der Waals surface area contributed by atoms with Gasteiger partial charge >= 0.3 is 5.97 Å². The standard InChI is InChI=1S/C9H9NO4/c1-6-8(10(12)13)4-3-5-9(6)14-7(2)11/h3-5H,1-2H3. The average molecular weight is 195 g/mol. The molecule has 5 heteroatoms. The van der Waals surface area contributed by atoms with Crippen LogP contribution in [0.1, 0.15) is 12.5 Å². The number of rotatable bonds is 2. The number of nitro benzene ring substituents is 1. The number of hydrogen-bond acceptors (Lipinski definition) is 4. The summed E-state index contributed by atoms with van der Waals surface area (Å²) in [6.07, 6.45) is 0. The van der Waals surface area contributed by atoms with Crippen molar-refractivity contribution < 1.29 is 14.5 Å². The minimum atomic E-state index is -0.512. The highest BCUT2D eigenvalue weighted by Gasteiger charge is 2.14. The van der Waals surface area contributed by atoms with Gasteiger partial charge in [0.25, 0.3) is 5.69 Å². The molecule has 0 N–H and O–H groups in total. The molecule has 0 unspecified atom stereocenters. The molecule has 0 radical (unpaired) electrons. The smallest absolute Gasteiger partial charge is 0.308 e. The summed E-state index contributed by atoms with van der Waals surface area (Å²) in [6, 6.07) is 4.36. The Balaban J connectivity index is 3.13. The van der Waals surface area contributed by atoms with Crippen LogP contribution in [0, 0.1) is 17.0 Å². The van der Waals surface area contributed by atoms with Crippen molar-refractivity contribution >= 4 is 11.7 Å². The van der Waals surface area contributed by atoms with Crippen molar-refractivity contribution in [1.29, 1.82) is 0 Å². The van der Waals surface area contributed by atoms with E-state index in [-0.39, 0.29) is 11.4 Å². The molecule has 0 heterocycles. The number of esters is 1. The summed E-state index contributed by atoms with van der Waals surface area (Å²) in [5.41, 5.74) is 0.302. The normalized spacial score (nSPS) is 9.57. The fourth-order valence-electron chi connectivity index (χ4n) is 1.07. The van der Waals surface area contributed by atoms with Gasteiger partial charge in [-0.3, -0.25) is 14.9 Å². The zero-order valence-corrected chi connectivity index (χ0v) is 7.81. The van der Waals surface area contributed by atoms with Gasteiger partial charge in [-0.2, -0.15) is 0 Å². The molecule has 0 amide bonds. The zero-order chi connectivity index (χ0) is 10.7. The number of benzene rings is 1. The van der Waals surface area contributed by atoms with Crippen molar-refractivity contribution in [1.82, 2.24) is 0 Å². The van der Waals surface area contributed by atoms with Crippen LogP contribution in [0.3, 0.4) is 0 Å². The van der Waals surface area contributed by atoms with Crippen LogP contribution in [0.4, 0.5) is 5.69 Å². The molecular formula is C9H9NO4. The van der Waals surface area contributed by atoms with Crippen LogP contribution in [-0.4, -0.2) is 10.9 Å². The van der Waals surface area contributed by atoms with Gasteiger partial charge in [0.1, 0.15) is 5.75 Å². The third-order valence-corrected chi connectivity index (χ3v) is 1.71. The molecule has 0 bridgehead atoms. The van der Waals surface area contributed by atoms with Gasteiger partial charge in [-0.1, -0.05) is 6.07 Å². The monoisotopic (exact) mass is 195 g/mol. The van der Waals surface area contributed by atoms with Gasteiger partial charge in [0.05, 0.1) is 10.5 Å². The van der Waals surface area contributed by atoms with E-state index in [9.17, 15) is 14.9 Å². The highest BCUT2D eigenvalue weighted by Crippen LogP contribution is 2.26. The van der Waals surface area contributed by atoms with Crippen LogP contribution in [0.5, 0.6) is 5.75 Å². The van der Waals surface area contributed by atoms with Gasteiger partial charge < -0.3 is 4.74 Å². The highest BCUT2D eigenvalue weighted by atomic mass is 16.6. The number of ether oxygens (including phenoxy) is 1. The van der Waals surface area contributed by atoms with Crippen LogP contribution in [0.15, 0.2) is 18.2 Å². The molecule has 0 saturated carbocycles. The summed E-state index contributed by atoms with van der Waals surface area (Å²) in [4.78, 5) is 20.7. The lowest BCUT2D eigenvalue weighted by Gasteiger charge is -2.04. The molecule has 0 aliphatic heterocycles. The Bertz CT molecular complexity index is 386. The lowest BCUT2D eigenvalue weighted by molar-refractivity contribution is -0.385. The maximum atomic E-state index is 10.7. The van der Waals surface area contributed by atoms with Gasteiger partial charge in [0.15, 0.2) is 0 Å². The molecule has 1 aromatic rings. The molecule has 0 aliphatic carbocycles. The second kappa shape index (κ2) is 3.87. The fourth-order valence-corrected chi connectivity index (χ4v) is 1.07. The van der Waals surface area contributed by atoms with E-state index in [0.717, 1.165) is 0 Å². The molecule has 0 atom stereocenters. The predicted octanol–water partition coefficient (Wildman–Crippen LogP) is 1.83. The average Bonchev–Trinajstić information content (AvgIpc) is 2.07. The summed E-state index contributed by atoms with van der Waals surface area (Å²) in [7, 11) is 0. The number of hydrogen-bond donors (Lipinski definition) is 0. The molecule has 1 rings (SSSR count). The molecule has 0 aliphatic rings. The first kappa shape index (κ1) is 10.2. The third-order valence-electron chi connectivity index (χ3n) is 1.71. The second-order valence-corrected chi connectivity index (χ2v) is 2.75. The van der Waals surface area contributed by atoms with Crippen molar-refractivity contribution in [3.63, 3.8) is 0 Å². The van der Waals surface area contributed by atoms with Crippen molar-refractivity contribution in [2.75, 3.05) is 0 Å². The van der Waals surface area contributed by atoms with Gasteiger partial charge in [-0.25, -0.2) is 0 Å². The maximum Gasteiger partial charge on any atom is 0.308 e. The van der Waals surface area contributed by atoms with Crippen LogP contribution in [0.25, 0.3) is 0 Å². The maximum absolute atomic E-state index is 10.7. The minimum absolute atomic E-state index is 0.0521. The van der Waals surface area contributed by atoms with E-state index in [0.29, 0.717) is 5.56 Å². The number of nitrogens with zero attached hydrogens (tertiary/aromatic N) is 1. The molecule has 14 heavy (non-hydrogen) atoms. The van der Waals surface area contributed by atoms with Crippen molar-refractivity contribution in [3.8, 4) is 5.75 Å². The SMILES string of the molecule is CC(=O)Oc1cccc([N+](=O)[O-])c1C. The van der Waals surface area contributed by atoms with E-state index in [1.54, 1.807) is 0 Å². The van der Waals surface area contributed by atoms with Gasteiger partial charge in [-0.05, 0) is 13.0 Å². The molecule has 1 aromatic carbocycles. The Kier molecular flexibility index (Phi) is 2.81. The van der Waals surface area contributed by atoms with E-state index >= 15 is 0 Å². The molecule has 5 nitrogen and oxygen atoms in total. The van der Waals surface area contributed by atoms with Crippen LogP contribution in [-0.2, 0) is 4.79 Å². The Morgan fingerprint density at radius 3 is 2.64 bits per heavy atom. The summed E-state index contributed by atoms with van der Waals surface area (Å²) in [6.45, 7) is 2.79. The minimum Gasteiger partial charge on any atom is -0.426 e. The van der Waals surface area contributed by atoms with Gasteiger partial charge in [0, 0.05) is 13.0 Å². The van der Waals surface area contributed by atoms with Crippen molar-refractivity contribution in [3.05, 3.63) is 33.9 Å². The molecular weight excluding hydrogens is 186 g/mol. The van der Waals surface area contributed by atoms with E-state index in [1.807, 2.05) is 0 Å². The van der Waals surface area contributed by atoms with E-state index < -0.39 is 10.9 Å². The molecule has 0 spiro atoms. The summed E-state index contributed by atoms with van der Waals surface area (Å²) in [5.74, 6) is -0.264. The lowest BCUT2D eigenvalue weighted by atomic mass is 10.2. The third kappa shape index (κ3) is 2.07. The van der Waals surface area contributed by atoms with E-state index in [2.05, 4.69) is 0 Å². The second-order valence-electron chi connectivity index (χ2n) is 2.75. The summed E-state index contributed by atoms with van der Waals surface area (Å²) in [5, 5.41) is 10.5. The van der Waals surface area contributed by atoms with E-state index in [4.69, 9.17) is 4.74 Å². The summed E-state index contributed by atoms with van der Waals surface area (Å²) < 4.78 is 4.79. The Labute approximate surface area is 80.5 Å². The highest BCUT2D eigenvalue weighted by molar-refractivity contribution is 5.70. The summed E-state index contributed by atoms with van der Waals surface area (Å²) >= 11 is 0. The number of carbonyl (C=O) groups excluding carboxylic acids is 1. The van der Waals surface area contributed by atoms with Crippen molar-refractivity contribution in [2.45, 2.75) is 13.8 Å². The van der Waals surface area contributed by atoms with Gasteiger partial charge in [-0.15, -0.1) is 0 Å². The Hall–Kier alpha value is -1.91. The lowest BCUT2D eigenvalue weighted by Crippen LogP contribution is -2.03. The number of nitro groups is 1. The first-order valence-corrected chi connectivity index (χ1v) is 3.95. The molecule has 0 aromatic heterocycles. The quantitative estimate of drug-likeness (QED) is 0.312. The predicted molar refractivity (Wildman–Crippen MR) is 49.1 cm³/mol. The van der Waals surface area contributed by atoms with Crippen molar-refractivity contribution in [2.24, 2.45) is 0 Å². The molecule has 0 fully saturated rings. The Morgan fingerprint density at radius 2 is 2.14 bits per heavy atom. The van der Waals surface area contributed by atoms with Gasteiger partial charge in [0.2, 0.25) is 0 Å². The van der Waals surface area contributed by atoms with Crippen LogP contribution >= 0.6 is 0 Å². The van der Waals surface area contributed by atoms with Crippen LogP contribution < -0.4 is 4.74 Å². The largest absolute Gasteiger partial charge is 0.426 e. The molecule has 0 saturated heterocycles. The molecule has 74 valence electrons. The number of carbonyl (C=O) groups is 1. The zero-order valence-electron chi connectivity index (χ0n) is 7.81. The topological polar surface area (TPSA) is 69.4 Å².